The van der Waals surface area contributed by atoms with Gasteiger partial charge in [0.05, 0.1) is 17.8 Å². The monoisotopic (exact) mass is 510 g/mol. The van der Waals surface area contributed by atoms with Crippen LogP contribution in [0.2, 0.25) is 6.82 Å². The van der Waals surface area contributed by atoms with Gasteiger partial charge in [0.1, 0.15) is 5.69 Å². The van der Waals surface area contributed by atoms with Crippen molar-refractivity contribution in [3.8, 4) is 11.4 Å². The molecule has 3 rings (SSSR count). The highest BCUT2D eigenvalue weighted by Crippen LogP contribution is 2.23. The summed E-state index contributed by atoms with van der Waals surface area (Å²) in [6, 6.07) is 7.38. The lowest BCUT2D eigenvalue weighted by Gasteiger charge is -2.07. The number of pyridine rings is 1. The topological polar surface area (TPSA) is 98.1 Å². The van der Waals surface area contributed by atoms with Gasteiger partial charge in [0, 0.05) is 30.5 Å². The van der Waals surface area contributed by atoms with E-state index in [4.69, 9.17) is 4.74 Å². The van der Waals surface area contributed by atoms with Crippen molar-refractivity contribution in [2.75, 3.05) is 25.1 Å². The van der Waals surface area contributed by atoms with Crippen molar-refractivity contribution in [2.45, 2.75) is 53.8 Å². The molecule has 8 nitrogen and oxygen atoms in total. The molecule has 0 bridgehead atoms. The Kier molecular flexibility index (Phi) is 12.9. The van der Waals surface area contributed by atoms with E-state index in [0.717, 1.165) is 36.9 Å². The van der Waals surface area contributed by atoms with Crippen molar-refractivity contribution >= 4 is 35.7 Å². The Morgan fingerprint density at radius 2 is 1.97 bits per heavy atom. The minimum atomic E-state index is -0.335. The van der Waals surface area contributed by atoms with Crippen molar-refractivity contribution < 1.29 is 14.3 Å². The lowest BCUT2D eigenvalue weighted by atomic mass is 10.0. The summed E-state index contributed by atoms with van der Waals surface area (Å²) >= 11 is 1.31. The Morgan fingerprint density at radius 3 is 2.64 bits per heavy atom. The largest absolute Gasteiger partial charge is 0.402 e. The third-order valence-corrected chi connectivity index (χ3v) is 6.14. The molecular formula is C26H37BN5O3S. The van der Waals surface area contributed by atoms with Crippen LogP contribution in [0.4, 0.5) is 5.13 Å². The second-order valence-electron chi connectivity index (χ2n) is 8.45. The smallest absolute Gasteiger partial charge is 0.253 e. The fourth-order valence-corrected chi connectivity index (χ4v) is 3.72. The van der Waals surface area contributed by atoms with Gasteiger partial charge in [-0.1, -0.05) is 40.1 Å². The molecule has 2 N–H and O–H groups in total. The predicted molar refractivity (Wildman–Crippen MR) is 148 cm³/mol. The van der Waals surface area contributed by atoms with Gasteiger partial charge in [-0.05, 0) is 50.1 Å². The quantitative estimate of drug-likeness (QED) is 0.263. The number of thiazole rings is 1. The summed E-state index contributed by atoms with van der Waals surface area (Å²) in [5, 5.41) is 7.57. The van der Waals surface area contributed by atoms with Crippen molar-refractivity contribution in [1.82, 2.24) is 19.8 Å². The number of nitrogens with one attached hydrogen (secondary N) is 2. The Balaban J connectivity index is 0.000000388. The average molecular weight is 510 g/mol. The van der Waals surface area contributed by atoms with E-state index in [-0.39, 0.29) is 18.4 Å². The summed E-state index contributed by atoms with van der Waals surface area (Å²) in [5.74, 6) is 0.194. The molecule has 10 heteroatoms. The number of carbonyl (C=O) groups excluding carboxylic acids is 2. The highest BCUT2D eigenvalue weighted by Gasteiger charge is 2.12. The Hall–Kier alpha value is -2.98. The van der Waals surface area contributed by atoms with Crippen LogP contribution in [-0.2, 0) is 9.53 Å². The van der Waals surface area contributed by atoms with E-state index in [2.05, 4.69) is 41.4 Å². The fourth-order valence-electron chi connectivity index (χ4n) is 3.00. The molecule has 0 aliphatic heterocycles. The van der Waals surface area contributed by atoms with E-state index in [1.807, 2.05) is 44.7 Å². The van der Waals surface area contributed by atoms with E-state index in [1.165, 1.54) is 24.2 Å². The summed E-state index contributed by atoms with van der Waals surface area (Å²) < 4.78 is 7.12. The minimum Gasteiger partial charge on any atom is -0.402 e. The first-order valence-electron chi connectivity index (χ1n) is 12.4. The Labute approximate surface area is 219 Å². The molecule has 0 aliphatic carbocycles. The zero-order chi connectivity index (χ0) is 26.3. The molecule has 0 aromatic carbocycles. The number of rotatable bonds is 12. The first kappa shape index (κ1) is 29.3. The highest BCUT2D eigenvalue weighted by atomic mass is 32.1. The van der Waals surface area contributed by atoms with Crippen molar-refractivity contribution in [3.05, 3.63) is 53.3 Å². The van der Waals surface area contributed by atoms with Gasteiger partial charge in [-0.2, -0.15) is 0 Å². The third kappa shape index (κ3) is 10.3. The van der Waals surface area contributed by atoms with Gasteiger partial charge >= 0.3 is 0 Å². The van der Waals surface area contributed by atoms with Crippen LogP contribution in [0.1, 0.15) is 56.1 Å². The Morgan fingerprint density at radius 1 is 1.17 bits per heavy atom. The van der Waals surface area contributed by atoms with Gasteiger partial charge in [-0.3, -0.25) is 14.6 Å². The maximum Gasteiger partial charge on any atom is 0.253 e. The zero-order valence-corrected chi connectivity index (χ0v) is 22.7. The number of amides is 2. The number of hydrogen-bond donors (Lipinski definition) is 2. The minimum absolute atomic E-state index is 0.128. The fraction of sp³-hybridized carbons (Fsp3) is 0.462. The molecular weight excluding hydrogens is 473 g/mol. The van der Waals surface area contributed by atoms with E-state index < -0.39 is 0 Å². The second kappa shape index (κ2) is 15.9. The van der Waals surface area contributed by atoms with Crippen LogP contribution < -0.4 is 10.6 Å². The molecule has 0 saturated carbocycles. The summed E-state index contributed by atoms with van der Waals surface area (Å²) in [5.41, 5.74) is 2.86. The molecule has 3 aromatic heterocycles. The van der Waals surface area contributed by atoms with Crippen LogP contribution in [0, 0.1) is 12.8 Å². The summed E-state index contributed by atoms with van der Waals surface area (Å²) in [6.45, 7) is 12.2. The summed E-state index contributed by atoms with van der Waals surface area (Å²) in [6.07, 6.45) is 7.09. The van der Waals surface area contributed by atoms with Crippen LogP contribution in [-0.4, -0.2) is 53.4 Å². The molecule has 3 aromatic rings. The number of ether oxygens (including phenoxy) is 1. The number of anilines is 1. The molecule has 1 unspecified atom stereocenters. The van der Waals surface area contributed by atoms with Gasteiger partial charge in [0.2, 0.25) is 13.3 Å². The van der Waals surface area contributed by atoms with Crippen molar-refractivity contribution in [3.63, 3.8) is 0 Å². The summed E-state index contributed by atoms with van der Waals surface area (Å²) in [7, 11) is 1.83. The van der Waals surface area contributed by atoms with E-state index in [9.17, 15) is 9.59 Å². The van der Waals surface area contributed by atoms with Gasteiger partial charge in [0.25, 0.3) is 5.91 Å². The average Bonchev–Trinajstić information content (AvgIpc) is 3.55. The third-order valence-electron chi connectivity index (χ3n) is 5.39. The standard InChI is InChI=1S/C17H17BN5O2S.C9H20O/c1-11-4-3-5-13(20-11)14-10-26-17(21-14)22-15(24)8-19-16(25)12-6-7-23(9-12)18-2;1-4-7-10-8-6-9(3)5-2/h3-7,9-10H,8H2,1-2H3,(H,19,25)(H,21,22,24);9H,4-8H2,1-3H3. The van der Waals surface area contributed by atoms with Crippen molar-refractivity contribution in [1.29, 1.82) is 0 Å². The number of hydrogen-bond acceptors (Lipinski definition) is 6. The molecule has 36 heavy (non-hydrogen) atoms. The maximum atomic E-state index is 12.0. The van der Waals surface area contributed by atoms with Crippen LogP contribution >= 0.6 is 11.3 Å². The molecule has 3 heterocycles. The molecule has 193 valence electrons. The first-order chi connectivity index (χ1) is 17.4. The molecule has 0 saturated heterocycles. The van der Waals surface area contributed by atoms with Gasteiger partial charge in [-0.25, -0.2) is 4.98 Å². The maximum absolute atomic E-state index is 12.0. The van der Waals surface area contributed by atoms with Crippen LogP contribution in [0.5, 0.6) is 0 Å². The molecule has 0 spiro atoms. The second-order valence-corrected chi connectivity index (χ2v) is 9.31. The van der Waals surface area contributed by atoms with Gasteiger partial charge < -0.3 is 19.8 Å². The van der Waals surface area contributed by atoms with E-state index in [0.29, 0.717) is 16.4 Å². The first-order valence-corrected chi connectivity index (χ1v) is 13.3. The van der Waals surface area contributed by atoms with Crippen LogP contribution in [0.3, 0.4) is 0 Å². The van der Waals surface area contributed by atoms with E-state index >= 15 is 0 Å². The molecule has 0 aliphatic rings. The lowest BCUT2D eigenvalue weighted by molar-refractivity contribution is -0.115. The molecule has 0 fully saturated rings. The molecule has 1 radical (unpaired) electrons. The Bertz CT molecular complexity index is 1080. The van der Waals surface area contributed by atoms with Crippen LogP contribution in [0.15, 0.2) is 42.0 Å². The lowest BCUT2D eigenvalue weighted by Crippen LogP contribution is -2.32. The highest BCUT2D eigenvalue weighted by molar-refractivity contribution is 7.14. The number of nitrogens with zero attached hydrogens (tertiary/aromatic N) is 3. The molecule has 1 atom stereocenters. The SMILES string of the molecule is CCCOCCC(C)CC.C[B]n1ccc(C(=O)NCC(=O)Nc2nc(-c3cccc(C)n3)cs2)c1. The van der Waals surface area contributed by atoms with Gasteiger partial charge in [-0.15, -0.1) is 11.3 Å². The van der Waals surface area contributed by atoms with E-state index in [1.54, 1.807) is 22.9 Å². The number of carbonyl (C=O) groups is 2. The summed E-state index contributed by atoms with van der Waals surface area (Å²) in [4.78, 5) is 32.8. The zero-order valence-electron chi connectivity index (χ0n) is 21.9. The number of aromatic nitrogens is 3. The predicted octanol–water partition coefficient (Wildman–Crippen LogP) is 5.05. The van der Waals surface area contributed by atoms with Gasteiger partial charge in [0.15, 0.2) is 5.13 Å². The number of aryl methyl sites for hydroxylation is 1. The van der Waals surface area contributed by atoms with Crippen molar-refractivity contribution in [2.24, 2.45) is 5.92 Å². The van der Waals surface area contributed by atoms with Crippen LogP contribution in [0.25, 0.3) is 11.4 Å². The molecule has 2 amide bonds. The normalized spacial score (nSPS) is 11.2.